The molecule has 0 spiro atoms. The van der Waals surface area contributed by atoms with Crippen molar-refractivity contribution in [3.8, 4) is 0 Å². The Balaban J connectivity index is 1.79. The summed E-state index contributed by atoms with van der Waals surface area (Å²) in [6.45, 7) is -0.0898. The SMILES string of the molecule is C[n+]1c(/C=C2\Sc3ccc(Cl)cc3N2CC(=O)O)sc2cc(I)sc21. The highest BCUT2D eigenvalue weighted by molar-refractivity contribution is 14.1. The van der Waals surface area contributed by atoms with Gasteiger partial charge in [-0.05, 0) is 46.9 Å². The molecule has 1 aliphatic heterocycles. The minimum absolute atomic E-state index is 0.0898. The van der Waals surface area contributed by atoms with E-state index in [1.165, 1.54) is 12.4 Å². The number of hydrogen-bond acceptors (Lipinski definition) is 5. The average molecular weight is 522 g/mol. The molecule has 4 rings (SSSR count). The molecule has 0 saturated carbocycles. The topological polar surface area (TPSA) is 44.4 Å². The van der Waals surface area contributed by atoms with Gasteiger partial charge in [-0.3, -0.25) is 4.79 Å². The number of benzene rings is 1. The van der Waals surface area contributed by atoms with Crippen molar-refractivity contribution in [1.29, 1.82) is 0 Å². The summed E-state index contributed by atoms with van der Waals surface area (Å²) < 4.78 is 4.67. The number of rotatable bonds is 3. The summed E-state index contributed by atoms with van der Waals surface area (Å²) in [5, 5.41) is 11.9. The maximum atomic E-state index is 11.3. The van der Waals surface area contributed by atoms with Gasteiger partial charge in [0.1, 0.15) is 18.3 Å². The molecule has 1 N–H and O–H groups in total. The summed E-state index contributed by atoms with van der Waals surface area (Å²) in [5.74, 6) is -0.870. The number of fused-ring (bicyclic) bond motifs is 2. The molecule has 25 heavy (non-hydrogen) atoms. The van der Waals surface area contributed by atoms with Gasteiger partial charge >= 0.3 is 5.97 Å². The number of thioether (sulfide) groups is 1. The number of hydrogen-bond donors (Lipinski definition) is 1. The smallest absolute Gasteiger partial charge is 0.323 e. The summed E-state index contributed by atoms with van der Waals surface area (Å²) in [6, 6.07) is 7.77. The zero-order chi connectivity index (χ0) is 17.7. The third-order valence-electron chi connectivity index (χ3n) is 3.73. The Morgan fingerprint density at radius 3 is 2.92 bits per heavy atom. The van der Waals surface area contributed by atoms with Gasteiger partial charge in [0.25, 0.3) is 9.84 Å². The van der Waals surface area contributed by atoms with Gasteiger partial charge in [-0.1, -0.05) is 46.0 Å². The first kappa shape index (κ1) is 17.6. The summed E-state index contributed by atoms with van der Waals surface area (Å²) in [6.07, 6.45) is 2.06. The van der Waals surface area contributed by atoms with Crippen LogP contribution in [-0.4, -0.2) is 17.6 Å². The molecular weight excluding hydrogens is 511 g/mol. The van der Waals surface area contributed by atoms with Crippen molar-refractivity contribution in [2.75, 3.05) is 11.4 Å². The van der Waals surface area contributed by atoms with Crippen molar-refractivity contribution in [3.63, 3.8) is 0 Å². The summed E-state index contributed by atoms with van der Waals surface area (Å²) in [7, 11) is 2.04. The number of thiazole rings is 1. The number of anilines is 1. The largest absolute Gasteiger partial charge is 0.480 e. The Hall–Kier alpha value is -0.810. The van der Waals surface area contributed by atoms with E-state index in [-0.39, 0.29) is 6.54 Å². The lowest BCUT2D eigenvalue weighted by Crippen LogP contribution is -2.29. The van der Waals surface area contributed by atoms with Crippen molar-refractivity contribution in [1.82, 2.24) is 0 Å². The molecule has 128 valence electrons. The normalized spacial score (nSPS) is 15.3. The third-order valence-corrected chi connectivity index (χ3v) is 8.31. The molecule has 0 bridgehead atoms. The van der Waals surface area contributed by atoms with Crippen molar-refractivity contribution < 1.29 is 14.5 Å². The van der Waals surface area contributed by atoms with E-state index in [0.29, 0.717) is 5.02 Å². The molecule has 2 aromatic heterocycles. The summed E-state index contributed by atoms with van der Waals surface area (Å²) in [5.41, 5.74) is 0.849. The molecule has 4 nitrogen and oxygen atoms in total. The number of aliphatic carboxylic acids is 1. The maximum absolute atomic E-state index is 11.3. The van der Waals surface area contributed by atoms with Crippen LogP contribution in [0.15, 0.2) is 34.2 Å². The molecule has 0 atom stereocenters. The average Bonchev–Trinajstić information content (AvgIpc) is 3.14. The predicted molar refractivity (Wildman–Crippen MR) is 114 cm³/mol. The molecule has 0 amide bonds. The van der Waals surface area contributed by atoms with Crippen LogP contribution in [0.4, 0.5) is 5.69 Å². The zero-order valence-electron chi connectivity index (χ0n) is 12.8. The van der Waals surface area contributed by atoms with E-state index in [0.717, 1.165) is 20.6 Å². The lowest BCUT2D eigenvalue weighted by atomic mass is 10.3. The second-order valence-electron chi connectivity index (χ2n) is 5.40. The lowest BCUT2D eigenvalue weighted by molar-refractivity contribution is -0.640. The van der Waals surface area contributed by atoms with E-state index < -0.39 is 5.97 Å². The number of nitrogens with zero attached hydrogens (tertiary/aromatic N) is 2. The highest BCUT2D eigenvalue weighted by Crippen LogP contribution is 2.47. The fraction of sp³-hybridized carbons (Fsp3) is 0.125. The van der Waals surface area contributed by atoms with Crippen LogP contribution in [0, 0.1) is 2.88 Å². The Morgan fingerprint density at radius 2 is 2.20 bits per heavy atom. The second-order valence-corrected chi connectivity index (χ2v) is 10.9. The van der Waals surface area contributed by atoms with E-state index in [4.69, 9.17) is 11.6 Å². The van der Waals surface area contributed by atoms with Crippen LogP contribution in [-0.2, 0) is 11.8 Å². The van der Waals surface area contributed by atoms with E-state index >= 15 is 0 Å². The molecular formula is C16H11ClIN2O2S3+. The van der Waals surface area contributed by atoms with Crippen LogP contribution in [0.25, 0.3) is 15.6 Å². The lowest BCUT2D eigenvalue weighted by Gasteiger charge is -2.17. The van der Waals surface area contributed by atoms with Crippen LogP contribution >= 0.6 is 68.6 Å². The predicted octanol–water partition coefficient (Wildman–Crippen LogP) is 5.04. The van der Waals surface area contributed by atoms with Crippen molar-refractivity contribution >= 4 is 95.9 Å². The first-order valence-corrected chi connectivity index (χ1v) is 11.1. The van der Waals surface area contributed by atoms with Crippen LogP contribution in [0.3, 0.4) is 0 Å². The van der Waals surface area contributed by atoms with Gasteiger partial charge in [0.05, 0.1) is 19.7 Å². The Labute approximate surface area is 174 Å². The summed E-state index contributed by atoms with van der Waals surface area (Å²) >= 11 is 13.5. The van der Waals surface area contributed by atoms with Gasteiger partial charge < -0.3 is 10.0 Å². The number of carbonyl (C=O) groups is 1. The molecule has 0 saturated heterocycles. The van der Waals surface area contributed by atoms with Gasteiger partial charge in [-0.25, -0.2) is 0 Å². The first-order chi connectivity index (χ1) is 11.9. The third kappa shape index (κ3) is 3.30. The number of aryl methyl sites for hydroxylation is 1. The number of halogens is 2. The quantitative estimate of drug-likeness (QED) is 0.387. The van der Waals surface area contributed by atoms with E-state index in [2.05, 4.69) is 39.3 Å². The van der Waals surface area contributed by atoms with Crippen LogP contribution in [0.1, 0.15) is 5.01 Å². The van der Waals surface area contributed by atoms with Crippen LogP contribution in [0.5, 0.6) is 0 Å². The fourth-order valence-electron chi connectivity index (χ4n) is 2.64. The molecule has 3 aromatic rings. The number of carboxylic acid groups (broad SMARTS) is 1. The van der Waals surface area contributed by atoms with Gasteiger partial charge in [0.2, 0.25) is 0 Å². The van der Waals surface area contributed by atoms with Gasteiger partial charge in [-0.15, -0.1) is 0 Å². The molecule has 0 fully saturated rings. The zero-order valence-corrected chi connectivity index (χ0v) is 18.2. The standard InChI is InChI=1S/C16H10ClIN2O2S3/c1-19-13(24-11-5-12(18)25-16(11)19)6-14-20(7-15(21)22)9-4-8(17)2-3-10(9)23-14/h2-6H,7H2,1H3/p+1. The molecule has 0 radical (unpaired) electrons. The number of thiophene rings is 1. The van der Waals surface area contributed by atoms with Gasteiger partial charge in [0, 0.05) is 9.92 Å². The molecule has 0 aliphatic carbocycles. The molecule has 1 aliphatic rings. The Morgan fingerprint density at radius 1 is 1.40 bits per heavy atom. The van der Waals surface area contributed by atoms with E-state index in [9.17, 15) is 9.90 Å². The van der Waals surface area contributed by atoms with E-state index in [1.807, 2.05) is 30.1 Å². The fourth-order valence-corrected chi connectivity index (χ4v) is 7.27. The number of aromatic nitrogens is 1. The minimum atomic E-state index is -0.870. The van der Waals surface area contributed by atoms with Crippen LogP contribution in [0.2, 0.25) is 5.02 Å². The van der Waals surface area contributed by atoms with Crippen molar-refractivity contribution in [2.24, 2.45) is 7.05 Å². The van der Waals surface area contributed by atoms with Gasteiger partial charge in [-0.2, -0.15) is 4.57 Å². The van der Waals surface area contributed by atoms with Crippen molar-refractivity contribution in [3.05, 3.63) is 42.2 Å². The van der Waals surface area contributed by atoms with E-state index in [1.54, 1.807) is 34.4 Å². The highest BCUT2D eigenvalue weighted by atomic mass is 127. The maximum Gasteiger partial charge on any atom is 0.323 e. The minimum Gasteiger partial charge on any atom is -0.480 e. The molecule has 1 aromatic carbocycles. The first-order valence-electron chi connectivity index (χ1n) is 7.18. The monoisotopic (exact) mass is 521 g/mol. The second kappa shape index (κ2) is 6.73. The molecule has 3 heterocycles. The molecule has 9 heteroatoms. The summed E-state index contributed by atoms with van der Waals surface area (Å²) in [4.78, 5) is 15.4. The Kier molecular flexibility index (Phi) is 4.74. The van der Waals surface area contributed by atoms with Gasteiger partial charge in [0.15, 0.2) is 0 Å². The Bertz CT molecular complexity index is 1040. The van der Waals surface area contributed by atoms with Crippen molar-refractivity contribution in [2.45, 2.75) is 4.90 Å². The molecule has 0 unspecified atom stereocenters. The number of carboxylic acids is 1. The van der Waals surface area contributed by atoms with Crippen LogP contribution < -0.4 is 9.47 Å². The highest BCUT2D eigenvalue weighted by Gasteiger charge is 2.29.